The van der Waals surface area contributed by atoms with Crippen molar-refractivity contribution >= 4 is 38.9 Å². The molecular weight excluding hydrogens is 360 g/mol. The molecule has 3 rings (SSSR count). The zero-order chi connectivity index (χ0) is 14.1. The quantitative estimate of drug-likeness (QED) is 0.660. The lowest BCUT2D eigenvalue weighted by molar-refractivity contribution is 0.297. The molecular formula is C15H14BrClO2S. The van der Waals surface area contributed by atoms with Gasteiger partial charge >= 0.3 is 0 Å². The Hall–Kier alpha value is -0.710. The summed E-state index contributed by atoms with van der Waals surface area (Å²) in [5.41, 5.74) is 2.28. The van der Waals surface area contributed by atoms with Crippen LogP contribution in [-0.4, -0.2) is 13.2 Å². The number of hydrogen-bond acceptors (Lipinski definition) is 3. The summed E-state index contributed by atoms with van der Waals surface area (Å²) < 4.78 is 11.4. The van der Waals surface area contributed by atoms with Gasteiger partial charge in [0.25, 0.3) is 0 Å². The maximum atomic E-state index is 6.42. The molecule has 0 bridgehead atoms. The lowest BCUT2D eigenvalue weighted by atomic mass is 10.1. The van der Waals surface area contributed by atoms with E-state index in [0.717, 1.165) is 23.5 Å². The number of benzene rings is 1. The maximum Gasteiger partial charge on any atom is 0.162 e. The van der Waals surface area contributed by atoms with Gasteiger partial charge in [0.15, 0.2) is 11.5 Å². The molecule has 0 saturated heterocycles. The molecule has 2 aromatic rings. The maximum absolute atomic E-state index is 6.42. The number of fused-ring (bicyclic) bond motifs is 1. The highest BCUT2D eigenvalue weighted by Crippen LogP contribution is 2.44. The molecule has 1 unspecified atom stereocenters. The van der Waals surface area contributed by atoms with Gasteiger partial charge in [-0.3, -0.25) is 0 Å². The predicted octanol–water partition coefficient (Wildman–Crippen LogP) is 5.36. The molecule has 0 N–H and O–H groups in total. The number of alkyl halides is 1. The molecule has 0 amide bonds. The topological polar surface area (TPSA) is 18.5 Å². The predicted molar refractivity (Wildman–Crippen MR) is 86.9 cm³/mol. The van der Waals surface area contributed by atoms with E-state index in [1.165, 1.54) is 10.4 Å². The van der Waals surface area contributed by atoms with Crippen molar-refractivity contribution in [1.29, 1.82) is 0 Å². The van der Waals surface area contributed by atoms with Crippen molar-refractivity contribution in [3.05, 3.63) is 44.6 Å². The second kappa shape index (κ2) is 5.96. The SMILES string of the molecule is Cc1ccsc1C(Br)c1cc2c(cc1Cl)OCCCO2. The minimum Gasteiger partial charge on any atom is -0.490 e. The van der Waals surface area contributed by atoms with Gasteiger partial charge in [0.05, 0.1) is 18.0 Å². The summed E-state index contributed by atoms with van der Waals surface area (Å²) in [6.45, 7) is 3.46. The molecule has 1 aliphatic rings. The van der Waals surface area contributed by atoms with E-state index in [4.69, 9.17) is 21.1 Å². The molecule has 0 spiro atoms. The number of aryl methyl sites for hydroxylation is 1. The van der Waals surface area contributed by atoms with E-state index in [-0.39, 0.29) is 4.83 Å². The summed E-state index contributed by atoms with van der Waals surface area (Å²) in [7, 11) is 0. The summed E-state index contributed by atoms with van der Waals surface area (Å²) in [4.78, 5) is 1.34. The number of rotatable bonds is 2. The molecule has 0 aliphatic carbocycles. The zero-order valence-electron chi connectivity index (χ0n) is 11.0. The summed E-state index contributed by atoms with van der Waals surface area (Å²) in [6, 6.07) is 5.96. The van der Waals surface area contributed by atoms with Crippen molar-refractivity contribution < 1.29 is 9.47 Å². The standard InChI is InChI=1S/C15H14BrClO2S/c1-9-3-6-20-15(9)14(16)10-7-12-13(8-11(10)17)19-5-2-4-18-12/h3,6-8,14H,2,4-5H2,1H3. The van der Waals surface area contributed by atoms with Crippen molar-refractivity contribution in [3.8, 4) is 11.5 Å². The van der Waals surface area contributed by atoms with Gasteiger partial charge in [-0.05, 0) is 35.6 Å². The van der Waals surface area contributed by atoms with Gasteiger partial charge in [0, 0.05) is 22.4 Å². The van der Waals surface area contributed by atoms with Crippen LogP contribution in [0.3, 0.4) is 0 Å². The van der Waals surface area contributed by atoms with Crippen LogP contribution in [0.25, 0.3) is 0 Å². The zero-order valence-corrected chi connectivity index (χ0v) is 14.1. The summed E-state index contributed by atoms with van der Waals surface area (Å²) in [5, 5.41) is 2.79. The van der Waals surface area contributed by atoms with Crippen LogP contribution >= 0.6 is 38.9 Å². The first-order valence-electron chi connectivity index (χ1n) is 6.44. The molecule has 1 aromatic heterocycles. The lowest BCUT2D eigenvalue weighted by Crippen LogP contribution is -1.98. The van der Waals surface area contributed by atoms with Crippen LogP contribution in [0.4, 0.5) is 0 Å². The average molecular weight is 374 g/mol. The normalized spacial score (nSPS) is 15.8. The number of hydrogen-bond donors (Lipinski definition) is 0. The molecule has 2 heterocycles. The van der Waals surface area contributed by atoms with E-state index in [0.29, 0.717) is 18.2 Å². The smallest absolute Gasteiger partial charge is 0.162 e. The van der Waals surface area contributed by atoms with Crippen molar-refractivity contribution in [2.45, 2.75) is 18.2 Å². The van der Waals surface area contributed by atoms with Crippen molar-refractivity contribution in [2.75, 3.05) is 13.2 Å². The minimum absolute atomic E-state index is 0.0761. The van der Waals surface area contributed by atoms with E-state index in [2.05, 4.69) is 34.3 Å². The van der Waals surface area contributed by atoms with E-state index >= 15 is 0 Å². The monoisotopic (exact) mass is 372 g/mol. The molecule has 0 radical (unpaired) electrons. The van der Waals surface area contributed by atoms with Crippen LogP contribution in [0.15, 0.2) is 23.6 Å². The first kappa shape index (κ1) is 14.2. The van der Waals surface area contributed by atoms with Crippen LogP contribution in [-0.2, 0) is 0 Å². The first-order valence-corrected chi connectivity index (χ1v) is 8.61. The average Bonchev–Trinajstić information content (AvgIpc) is 2.72. The lowest BCUT2D eigenvalue weighted by Gasteiger charge is -2.15. The highest BCUT2D eigenvalue weighted by Gasteiger charge is 2.21. The van der Waals surface area contributed by atoms with Gasteiger partial charge in [0.2, 0.25) is 0 Å². The fourth-order valence-corrected chi connectivity index (χ4v) is 4.56. The molecule has 2 nitrogen and oxygen atoms in total. The first-order chi connectivity index (χ1) is 9.66. The summed E-state index contributed by atoms with van der Waals surface area (Å²) >= 11 is 11.9. The molecule has 0 fully saturated rings. The van der Waals surface area contributed by atoms with Crippen LogP contribution in [0.1, 0.15) is 27.3 Å². The van der Waals surface area contributed by atoms with Gasteiger partial charge in [-0.2, -0.15) is 0 Å². The fraction of sp³-hybridized carbons (Fsp3) is 0.333. The van der Waals surface area contributed by atoms with Gasteiger partial charge in [0.1, 0.15) is 0 Å². The third-order valence-corrected chi connectivity index (χ3v) is 5.94. The van der Waals surface area contributed by atoms with Crippen LogP contribution in [0, 0.1) is 6.92 Å². The molecule has 106 valence electrons. The Balaban J connectivity index is 2.01. The molecule has 1 aliphatic heterocycles. The number of ether oxygens (including phenoxy) is 2. The Kier molecular flexibility index (Phi) is 4.24. The minimum atomic E-state index is 0.0761. The molecule has 0 saturated carbocycles. The Labute approximate surface area is 135 Å². The molecule has 1 atom stereocenters. The van der Waals surface area contributed by atoms with Gasteiger partial charge in [-0.15, -0.1) is 11.3 Å². The van der Waals surface area contributed by atoms with Crippen LogP contribution in [0.5, 0.6) is 11.5 Å². The van der Waals surface area contributed by atoms with Crippen molar-refractivity contribution in [2.24, 2.45) is 0 Å². The van der Waals surface area contributed by atoms with Gasteiger partial charge in [-0.25, -0.2) is 0 Å². The van der Waals surface area contributed by atoms with Gasteiger partial charge < -0.3 is 9.47 Å². The largest absolute Gasteiger partial charge is 0.490 e. The number of halogens is 2. The highest BCUT2D eigenvalue weighted by molar-refractivity contribution is 9.09. The van der Waals surface area contributed by atoms with E-state index < -0.39 is 0 Å². The second-order valence-corrected chi connectivity index (χ2v) is 6.97. The Morgan fingerprint density at radius 3 is 2.60 bits per heavy atom. The third kappa shape index (κ3) is 2.69. The van der Waals surface area contributed by atoms with E-state index in [9.17, 15) is 0 Å². The van der Waals surface area contributed by atoms with E-state index in [1.807, 2.05) is 12.1 Å². The molecule has 5 heteroatoms. The fourth-order valence-electron chi connectivity index (χ4n) is 2.18. The van der Waals surface area contributed by atoms with Crippen LogP contribution in [0.2, 0.25) is 5.02 Å². The van der Waals surface area contributed by atoms with E-state index in [1.54, 1.807) is 11.3 Å². The third-order valence-electron chi connectivity index (χ3n) is 3.27. The number of thiophene rings is 1. The van der Waals surface area contributed by atoms with Crippen molar-refractivity contribution in [3.63, 3.8) is 0 Å². The summed E-state index contributed by atoms with van der Waals surface area (Å²) in [5.74, 6) is 1.51. The Morgan fingerprint density at radius 2 is 1.95 bits per heavy atom. The Bertz CT molecular complexity index is 626. The molecule has 1 aromatic carbocycles. The van der Waals surface area contributed by atoms with Crippen LogP contribution < -0.4 is 9.47 Å². The Morgan fingerprint density at radius 1 is 1.25 bits per heavy atom. The van der Waals surface area contributed by atoms with Gasteiger partial charge in [-0.1, -0.05) is 27.5 Å². The second-order valence-electron chi connectivity index (χ2n) is 4.70. The summed E-state index contributed by atoms with van der Waals surface area (Å²) in [6.07, 6.45) is 0.892. The highest BCUT2D eigenvalue weighted by atomic mass is 79.9. The van der Waals surface area contributed by atoms with Crippen molar-refractivity contribution in [1.82, 2.24) is 0 Å². The molecule has 20 heavy (non-hydrogen) atoms.